The summed E-state index contributed by atoms with van der Waals surface area (Å²) in [5, 5.41) is 12.5. The molecule has 3 N–H and O–H groups in total. The summed E-state index contributed by atoms with van der Waals surface area (Å²) in [5.74, 6) is 0.0573. The molecule has 1 saturated carbocycles. The number of aliphatic carboxylic acids is 1. The summed E-state index contributed by atoms with van der Waals surface area (Å²) in [6.07, 6.45) is 0.665. The molecule has 1 aliphatic carbocycles. The van der Waals surface area contributed by atoms with Crippen LogP contribution in [0.3, 0.4) is 0 Å². The Bertz CT molecular complexity index is 1230. The molecule has 9 nitrogen and oxygen atoms in total. The van der Waals surface area contributed by atoms with E-state index in [0.29, 0.717) is 52.4 Å². The zero-order valence-electron chi connectivity index (χ0n) is 16.9. The van der Waals surface area contributed by atoms with Crippen LogP contribution < -0.4 is 25.1 Å². The fourth-order valence-electron chi connectivity index (χ4n) is 3.28. The number of carbonyl (C=O) groups excluding carboxylic acids is 1. The van der Waals surface area contributed by atoms with Gasteiger partial charge in [-0.1, -0.05) is 0 Å². The number of benzene rings is 2. The van der Waals surface area contributed by atoms with Gasteiger partial charge in [-0.3, -0.25) is 14.4 Å². The third kappa shape index (κ3) is 3.77. The number of methoxy groups -OCH3 is 2. The smallest absolute Gasteiger partial charge is 0.319 e. The van der Waals surface area contributed by atoms with Crippen LogP contribution in [0.4, 0.5) is 5.69 Å². The molecule has 0 radical (unpaired) electrons. The summed E-state index contributed by atoms with van der Waals surface area (Å²) >= 11 is 0. The average Bonchev–Trinajstić information content (AvgIpc) is 3.56. The highest BCUT2D eigenvalue weighted by Gasteiger charge is 2.57. The average molecular weight is 424 g/mol. The summed E-state index contributed by atoms with van der Waals surface area (Å²) in [4.78, 5) is 38.3. The molecule has 1 fully saturated rings. The van der Waals surface area contributed by atoms with Gasteiger partial charge in [0.2, 0.25) is 5.91 Å². The van der Waals surface area contributed by atoms with Gasteiger partial charge in [-0.15, -0.1) is 0 Å². The number of anilines is 1. The molecule has 0 unspecified atom stereocenters. The maximum Gasteiger partial charge on any atom is 0.319 e. The van der Waals surface area contributed by atoms with Crippen molar-refractivity contribution in [2.24, 2.45) is 5.41 Å². The number of hydrogen-bond donors (Lipinski definition) is 3. The number of aromatic nitrogens is 1. The lowest BCUT2D eigenvalue weighted by Gasteiger charge is -2.13. The Morgan fingerprint density at radius 2 is 1.65 bits per heavy atom. The molecule has 0 aliphatic heterocycles. The van der Waals surface area contributed by atoms with E-state index in [1.807, 2.05) is 0 Å². The van der Waals surface area contributed by atoms with E-state index >= 15 is 0 Å². The van der Waals surface area contributed by atoms with Gasteiger partial charge in [0.25, 0.3) is 5.56 Å². The molecule has 1 aliphatic rings. The third-order valence-electron chi connectivity index (χ3n) is 5.24. The van der Waals surface area contributed by atoms with Crippen molar-refractivity contribution in [2.75, 3.05) is 19.5 Å². The number of amides is 1. The Morgan fingerprint density at radius 3 is 2.23 bits per heavy atom. The second-order valence-corrected chi connectivity index (χ2v) is 7.22. The normalized spacial score (nSPS) is 14.0. The molecular weight excluding hydrogens is 404 g/mol. The van der Waals surface area contributed by atoms with Crippen LogP contribution in [0.1, 0.15) is 12.8 Å². The predicted octanol–water partition coefficient (Wildman–Crippen LogP) is 3.14. The Labute approximate surface area is 176 Å². The molecule has 2 aromatic carbocycles. The van der Waals surface area contributed by atoms with Gasteiger partial charge in [-0.2, -0.15) is 0 Å². The minimum atomic E-state index is -1.32. The lowest BCUT2D eigenvalue weighted by Crippen LogP contribution is -2.31. The molecule has 9 heteroatoms. The summed E-state index contributed by atoms with van der Waals surface area (Å²) < 4.78 is 16.5. The molecule has 160 valence electrons. The van der Waals surface area contributed by atoms with E-state index in [4.69, 9.17) is 14.2 Å². The third-order valence-corrected chi connectivity index (χ3v) is 5.24. The molecule has 4 rings (SSSR count). The van der Waals surface area contributed by atoms with Crippen LogP contribution in [0.25, 0.3) is 10.9 Å². The van der Waals surface area contributed by atoms with Crippen LogP contribution in [-0.4, -0.2) is 36.2 Å². The molecule has 1 aromatic heterocycles. The van der Waals surface area contributed by atoms with Crippen molar-refractivity contribution in [3.8, 4) is 23.0 Å². The van der Waals surface area contributed by atoms with Crippen molar-refractivity contribution in [1.29, 1.82) is 0 Å². The minimum Gasteiger partial charge on any atom is -0.493 e. The van der Waals surface area contributed by atoms with Crippen molar-refractivity contribution in [3.05, 3.63) is 52.8 Å². The highest BCUT2D eigenvalue weighted by atomic mass is 16.5. The first-order chi connectivity index (χ1) is 14.9. The van der Waals surface area contributed by atoms with E-state index in [-0.39, 0.29) is 5.56 Å². The fraction of sp³-hybridized carbons (Fsp3) is 0.227. The van der Waals surface area contributed by atoms with Gasteiger partial charge < -0.3 is 29.6 Å². The number of rotatable bonds is 7. The molecule has 0 spiro atoms. The van der Waals surface area contributed by atoms with Crippen molar-refractivity contribution in [2.45, 2.75) is 12.8 Å². The number of carboxylic acid groups (broad SMARTS) is 1. The quantitative estimate of drug-likeness (QED) is 0.497. The van der Waals surface area contributed by atoms with Crippen molar-refractivity contribution >= 4 is 28.5 Å². The molecule has 0 saturated heterocycles. The number of carboxylic acids is 1. The van der Waals surface area contributed by atoms with E-state index in [2.05, 4.69) is 10.3 Å². The van der Waals surface area contributed by atoms with Gasteiger partial charge in [0.1, 0.15) is 16.9 Å². The minimum absolute atomic E-state index is 0.319. The number of fused-ring (bicyclic) bond motifs is 1. The molecule has 3 aromatic rings. The number of nitrogens with one attached hydrogen (secondary N) is 2. The summed E-state index contributed by atoms with van der Waals surface area (Å²) in [6, 6.07) is 11.1. The van der Waals surface area contributed by atoms with Crippen molar-refractivity contribution < 1.29 is 28.9 Å². The number of aromatic amines is 1. The van der Waals surface area contributed by atoms with Crippen molar-refractivity contribution in [3.63, 3.8) is 0 Å². The van der Waals surface area contributed by atoms with Gasteiger partial charge in [-0.25, -0.2) is 0 Å². The van der Waals surface area contributed by atoms with Crippen LogP contribution in [0, 0.1) is 5.41 Å². The first-order valence-electron chi connectivity index (χ1n) is 9.48. The summed E-state index contributed by atoms with van der Waals surface area (Å²) in [6.45, 7) is 0. The number of ether oxygens (including phenoxy) is 3. The van der Waals surface area contributed by atoms with Crippen LogP contribution in [0.5, 0.6) is 23.0 Å². The topological polar surface area (TPSA) is 127 Å². The summed E-state index contributed by atoms with van der Waals surface area (Å²) in [5.41, 5.74) is -0.694. The van der Waals surface area contributed by atoms with Gasteiger partial charge in [0.05, 0.1) is 19.7 Å². The molecule has 0 atom stereocenters. The van der Waals surface area contributed by atoms with Crippen LogP contribution in [-0.2, 0) is 9.59 Å². The SMILES string of the molecule is COc1cc2[nH]c(=O)cc(Oc3ccc(NC(=O)C4(C(=O)O)CC4)cc3)c2cc1OC. The van der Waals surface area contributed by atoms with Gasteiger partial charge >= 0.3 is 5.97 Å². The lowest BCUT2D eigenvalue weighted by atomic mass is 10.1. The van der Waals surface area contributed by atoms with Crippen molar-refractivity contribution in [1.82, 2.24) is 4.98 Å². The van der Waals surface area contributed by atoms with Crippen LogP contribution in [0.2, 0.25) is 0 Å². The van der Waals surface area contributed by atoms with Crippen LogP contribution >= 0.6 is 0 Å². The predicted molar refractivity (Wildman–Crippen MR) is 112 cm³/mol. The number of pyridine rings is 1. The Kier molecular flexibility index (Phi) is 5.02. The largest absolute Gasteiger partial charge is 0.493 e. The first kappa shape index (κ1) is 20.3. The standard InChI is InChI=1S/C22H20N2O7/c1-29-17-9-14-15(10-18(17)30-2)24-19(25)11-16(14)31-13-5-3-12(4-6-13)23-20(26)22(7-8-22)21(27)28/h3-6,9-11H,7-8H2,1-2H3,(H,23,26)(H,24,25)(H,27,28). The maximum absolute atomic E-state index is 12.2. The highest BCUT2D eigenvalue weighted by molar-refractivity contribution is 6.10. The zero-order valence-corrected chi connectivity index (χ0v) is 16.9. The molecule has 1 amide bonds. The lowest BCUT2D eigenvalue weighted by molar-refractivity contribution is -0.147. The number of carbonyl (C=O) groups is 2. The van der Waals surface area contributed by atoms with Crippen LogP contribution in [0.15, 0.2) is 47.3 Å². The second kappa shape index (κ2) is 7.67. The number of hydrogen-bond acceptors (Lipinski definition) is 6. The first-order valence-corrected chi connectivity index (χ1v) is 9.48. The second-order valence-electron chi connectivity index (χ2n) is 7.22. The monoisotopic (exact) mass is 424 g/mol. The molecule has 0 bridgehead atoms. The van der Waals surface area contributed by atoms with E-state index < -0.39 is 17.3 Å². The fourth-order valence-corrected chi connectivity index (χ4v) is 3.28. The van der Waals surface area contributed by atoms with Gasteiger partial charge in [0, 0.05) is 23.2 Å². The maximum atomic E-state index is 12.2. The Hall–Kier alpha value is -4.01. The van der Waals surface area contributed by atoms with E-state index in [1.165, 1.54) is 20.3 Å². The van der Waals surface area contributed by atoms with E-state index in [1.54, 1.807) is 36.4 Å². The van der Waals surface area contributed by atoms with E-state index in [0.717, 1.165) is 0 Å². The number of H-pyrrole nitrogens is 1. The molecule has 31 heavy (non-hydrogen) atoms. The summed E-state index contributed by atoms with van der Waals surface area (Å²) in [7, 11) is 3.02. The van der Waals surface area contributed by atoms with Gasteiger partial charge in [0.15, 0.2) is 11.5 Å². The van der Waals surface area contributed by atoms with Gasteiger partial charge in [-0.05, 0) is 43.2 Å². The Morgan fingerprint density at radius 1 is 1.00 bits per heavy atom. The molecular formula is C22H20N2O7. The Balaban J connectivity index is 1.58. The zero-order chi connectivity index (χ0) is 22.2. The highest BCUT2D eigenvalue weighted by Crippen LogP contribution is 2.46. The molecule has 1 heterocycles. The van der Waals surface area contributed by atoms with E-state index in [9.17, 15) is 19.5 Å².